The molecule has 0 saturated heterocycles. The molecule has 3 heterocycles. The van der Waals surface area contributed by atoms with Crippen molar-refractivity contribution in [1.82, 2.24) is 19.7 Å². The number of benzene rings is 2. The van der Waals surface area contributed by atoms with Crippen LogP contribution in [0.2, 0.25) is 0 Å². The van der Waals surface area contributed by atoms with Gasteiger partial charge in [-0.2, -0.15) is 5.10 Å². The average Bonchev–Trinajstić information content (AvgIpc) is 3.18. The van der Waals surface area contributed by atoms with Crippen LogP contribution in [0.4, 0.5) is 5.82 Å². The van der Waals surface area contributed by atoms with E-state index in [0.717, 1.165) is 52.2 Å². The van der Waals surface area contributed by atoms with E-state index < -0.39 is 5.97 Å². The molecule has 0 saturated carbocycles. The van der Waals surface area contributed by atoms with Gasteiger partial charge in [-0.3, -0.25) is 4.68 Å². The summed E-state index contributed by atoms with van der Waals surface area (Å²) >= 11 is 0. The van der Waals surface area contributed by atoms with Crippen LogP contribution in [0.3, 0.4) is 0 Å². The van der Waals surface area contributed by atoms with Crippen molar-refractivity contribution in [1.29, 1.82) is 0 Å². The molecule has 174 valence electrons. The van der Waals surface area contributed by atoms with Crippen molar-refractivity contribution in [3.05, 3.63) is 59.3 Å². The number of nitrogens with one attached hydrogen (secondary N) is 1. The average molecular weight is 460 g/mol. The van der Waals surface area contributed by atoms with Gasteiger partial charge in [0, 0.05) is 19.2 Å². The quantitative estimate of drug-likeness (QED) is 0.426. The monoisotopic (exact) mass is 459 g/mol. The molecule has 0 amide bonds. The topological polar surface area (TPSA) is 111 Å². The van der Waals surface area contributed by atoms with Gasteiger partial charge in [0.05, 0.1) is 11.3 Å². The number of carboxylic acids is 1. The molecule has 9 nitrogen and oxygen atoms in total. The minimum absolute atomic E-state index is 0.217. The standard InChI is InChI=1S/C25H25N5O4/c1-3-4-18-21-22(30(2)29-18)24(26-14-15-5-10-19-20(13-15)34-12-11-33-19)28-23(27-21)16-6-8-17(9-7-16)25(31)32/h5-10,13H,3-4,11-12,14H2,1-2H3,(H,31,32)(H,26,27,28). The number of aromatic nitrogens is 4. The number of rotatable bonds is 7. The minimum Gasteiger partial charge on any atom is -0.486 e. The highest BCUT2D eigenvalue weighted by molar-refractivity contribution is 5.90. The molecule has 2 aromatic heterocycles. The van der Waals surface area contributed by atoms with E-state index in [1.54, 1.807) is 24.3 Å². The molecular weight excluding hydrogens is 434 g/mol. The molecule has 0 fully saturated rings. The summed E-state index contributed by atoms with van der Waals surface area (Å²) in [6.45, 7) is 3.72. The molecule has 4 aromatic rings. The predicted molar refractivity (Wildman–Crippen MR) is 127 cm³/mol. The summed E-state index contributed by atoms with van der Waals surface area (Å²) in [4.78, 5) is 20.8. The molecule has 34 heavy (non-hydrogen) atoms. The van der Waals surface area contributed by atoms with Gasteiger partial charge in [-0.05, 0) is 36.2 Å². The van der Waals surface area contributed by atoms with Crippen LogP contribution >= 0.6 is 0 Å². The third kappa shape index (κ3) is 4.12. The highest BCUT2D eigenvalue weighted by Crippen LogP contribution is 2.32. The van der Waals surface area contributed by atoms with Crippen LogP contribution in [0.25, 0.3) is 22.4 Å². The summed E-state index contributed by atoms with van der Waals surface area (Å²) in [5, 5.41) is 17.3. The number of nitrogens with zero attached hydrogens (tertiary/aromatic N) is 4. The van der Waals surface area contributed by atoms with Crippen molar-refractivity contribution in [2.45, 2.75) is 26.3 Å². The lowest BCUT2D eigenvalue weighted by Crippen LogP contribution is -2.15. The normalized spacial score (nSPS) is 12.6. The fourth-order valence-corrected chi connectivity index (χ4v) is 4.04. The lowest BCUT2D eigenvalue weighted by atomic mass is 10.1. The Balaban J connectivity index is 1.53. The van der Waals surface area contributed by atoms with Crippen LogP contribution < -0.4 is 14.8 Å². The first kappa shape index (κ1) is 21.7. The number of carbonyl (C=O) groups is 1. The summed E-state index contributed by atoms with van der Waals surface area (Å²) < 4.78 is 13.1. The zero-order valence-corrected chi connectivity index (χ0v) is 19.0. The maximum absolute atomic E-state index is 11.2. The Morgan fingerprint density at radius 1 is 1.09 bits per heavy atom. The molecule has 0 atom stereocenters. The Morgan fingerprint density at radius 2 is 1.85 bits per heavy atom. The van der Waals surface area contributed by atoms with Crippen molar-refractivity contribution in [3.63, 3.8) is 0 Å². The van der Waals surface area contributed by atoms with E-state index in [0.29, 0.717) is 31.4 Å². The van der Waals surface area contributed by atoms with Crippen LogP contribution in [0.1, 0.15) is 35.0 Å². The van der Waals surface area contributed by atoms with E-state index in [1.807, 2.05) is 29.9 Å². The van der Waals surface area contributed by atoms with E-state index in [1.165, 1.54) is 0 Å². The molecule has 2 N–H and O–H groups in total. The van der Waals surface area contributed by atoms with Crippen molar-refractivity contribution < 1.29 is 19.4 Å². The van der Waals surface area contributed by atoms with Crippen molar-refractivity contribution in [2.75, 3.05) is 18.5 Å². The van der Waals surface area contributed by atoms with Gasteiger partial charge in [-0.1, -0.05) is 31.5 Å². The van der Waals surface area contributed by atoms with Crippen LogP contribution in [-0.2, 0) is 20.0 Å². The number of ether oxygens (including phenoxy) is 2. The van der Waals surface area contributed by atoms with Gasteiger partial charge < -0.3 is 19.9 Å². The predicted octanol–water partition coefficient (Wildman–Crippen LogP) is 4.06. The number of aromatic carboxylic acids is 1. The third-order valence-corrected chi connectivity index (χ3v) is 5.70. The van der Waals surface area contributed by atoms with Gasteiger partial charge in [-0.25, -0.2) is 14.8 Å². The SMILES string of the molecule is CCCc1nn(C)c2c(NCc3ccc4c(c3)OCCO4)nc(-c3ccc(C(=O)O)cc3)nc12. The van der Waals surface area contributed by atoms with Gasteiger partial charge >= 0.3 is 5.97 Å². The van der Waals surface area contributed by atoms with Gasteiger partial charge in [0.1, 0.15) is 24.2 Å². The molecule has 1 aliphatic rings. The first-order chi connectivity index (χ1) is 16.5. The van der Waals surface area contributed by atoms with E-state index >= 15 is 0 Å². The van der Waals surface area contributed by atoms with Gasteiger partial charge in [0.2, 0.25) is 0 Å². The number of anilines is 1. The smallest absolute Gasteiger partial charge is 0.335 e. The summed E-state index contributed by atoms with van der Waals surface area (Å²) in [5.74, 6) is 1.70. The molecule has 5 rings (SSSR count). The molecular formula is C25H25N5O4. The van der Waals surface area contributed by atoms with E-state index in [-0.39, 0.29) is 5.56 Å². The summed E-state index contributed by atoms with van der Waals surface area (Å²) in [7, 11) is 1.89. The largest absolute Gasteiger partial charge is 0.486 e. The number of hydrogen-bond acceptors (Lipinski definition) is 7. The van der Waals surface area contributed by atoms with E-state index in [4.69, 9.17) is 19.4 Å². The second-order valence-corrected chi connectivity index (χ2v) is 8.13. The van der Waals surface area contributed by atoms with Crippen LogP contribution in [0.5, 0.6) is 11.5 Å². The van der Waals surface area contributed by atoms with E-state index in [9.17, 15) is 9.90 Å². The van der Waals surface area contributed by atoms with Crippen molar-refractivity contribution in [2.24, 2.45) is 7.05 Å². The summed E-state index contributed by atoms with van der Waals surface area (Å²) in [6, 6.07) is 12.5. The maximum Gasteiger partial charge on any atom is 0.335 e. The first-order valence-electron chi connectivity index (χ1n) is 11.2. The number of carboxylic acid groups (broad SMARTS) is 1. The van der Waals surface area contributed by atoms with E-state index in [2.05, 4.69) is 17.3 Å². The summed E-state index contributed by atoms with van der Waals surface area (Å²) in [6.07, 6.45) is 1.74. The fraction of sp³-hybridized carbons (Fsp3) is 0.280. The van der Waals surface area contributed by atoms with Crippen LogP contribution in [-0.4, -0.2) is 44.0 Å². The lowest BCUT2D eigenvalue weighted by molar-refractivity contribution is 0.0697. The Labute approximate surface area is 196 Å². The van der Waals surface area contributed by atoms with Crippen LogP contribution in [0, 0.1) is 0 Å². The highest BCUT2D eigenvalue weighted by Gasteiger charge is 2.18. The Hall–Kier alpha value is -4.14. The number of aryl methyl sites for hydroxylation is 2. The lowest BCUT2D eigenvalue weighted by Gasteiger charge is -2.19. The molecule has 0 bridgehead atoms. The van der Waals surface area contributed by atoms with Gasteiger partial charge in [0.25, 0.3) is 0 Å². The maximum atomic E-state index is 11.2. The fourth-order valence-electron chi connectivity index (χ4n) is 4.04. The zero-order valence-electron chi connectivity index (χ0n) is 19.0. The van der Waals surface area contributed by atoms with Gasteiger partial charge in [0.15, 0.2) is 23.1 Å². The Bertz CT molecular complexity index is 1360. The van der Waals surface area contributed by atoms with Crippen molar-refractivity contribution >= 4 is 22.8 Å². The third-order valence-electron chi connectivity index (χ3n) is 5.70. The molecule has 2 aromatic carbocycles. The first-order valence-corrected chi connectivity index (χ1v) is 11.2. The molecule has 9 heteroatoms. The molecule has 0 unspecified atom stereocenters. The zero-order chi connectivity index (χ0) is 23.7. The van der Waals surface area contributed by atoms with Crippen LogP contribution in [0.15, 0.2) is 42.5 Å². The second kappa shape index (κ2) is 9.01. The Kier molecular flexibility index (Phi) is 5.75. The van der Waals surface area contributed by atoms with Crippen molar-refractivity contribution in [3.8, 4) is 22.9 Å². The number of hydrogen-bond donors (Lipinski definition) is 2. The highest BCUT2D eigenvalue weighted by atomic mass is 16.6. The molecule has 0 spiro atoms. The molecule has 0 radical (unpaired) electrons. The Morgan fingerprint density at radius 3 is 2.59 bits per heavy atom. The minimum atomic E-state index is -0.970. The molecule has 1 aliphatic heterocycles. The van der Waals surface area contributed by atoms with Gasteiger partial charge in [-0.15, -0.1) is 0 Å². The number of fused-ring (bicyclic) bond motifs is 2. The summed E-state index contributed by atoms with van der Waals surface area (Å²) in [5.41, 5.74) is 4.51. The molecule has 0 aliphatic carbocycles. The second-order valence-electron chi connectivity index (χ2n) is 8.13.